The van der Waals surface area contributed by atoms with Crippen molar-refractivity contribution in [3.63, 3.8) is 0 Å². The maximum Gasteiger partial charge on any atom is 0.0352 e. The minimum absolute atomic E-state index is 1.13. The Labute approximate surface area is 244 Å². The summed E-state index contributed by atoms with van der Waals surface area (Å²) in [6.07, 6.45) is 7.54. The minimum atomic E-state index is 1.13. The molecule has 0 aliphatic rings. The SMILES string of the molecule is c1ccc(-c2c3ccccc3c(-c3cccc(-c4ccc(-c5ccncc5)c5cnccc45)c3)c3ccccc23)cc1. The first-order valence-electron chi connectivity index (χ1n) is 14.2. The Morgan fingerprint density at radius 1 is 0.310 bits per heavy atom. The van der Waals surface area contributed by atoms with Crippen molar-refractivity contribution < 1.29 is 0 Å². The van der Waals surface area contributed by atoms with Gasteiger partial charge >= 0.3 is 0 Å². The summed E-state index contributed by atoms with van der Waals surface area (Å²) >= 11 is 0. The van der Waals surface area contributed by atoms with Gasteiger partial charge in [-0.1, -0.05) is 109 Å². The van der Waals surface area contributed by atoms with Crippen molar-refractivity contribution in [3.8, 4) is 44.5 Å². The molecule has 8 rings (SSSR count). The van der Waals surface area contributed by atoms with E-state index in [9.17, 15) is 0 Å². The fourth-order valence-corrected chi connectivity index (χ4v) is 6.42. The van der Waals surface area contributed by atoms with Crippen LogP contribution in [0.15, 0.2) is 158 Å². The van der Waals surface area contributed by atoms with E-state index in [0.717, 1.165) is 16.5 Å². The van der Waals surface area contributed by atoms with Gasteiger partial charge in [-0.25, -0.2) is 0 Å². The minimum Gasteiger partial charge on any atom is -0.265 e. The Morgan fingerprint density at radius 2 is 0.833 bits per heavy atom. The van der Waals surface area contributed by atoms with Crippen LogP contribution in [0.2, 0.25) is 0 Å². The summed E-state index contributed by atoms with van der Waals surface area (Å²) in [7, 11) is 0. The van der Waals surface area contributed by atoms with Crippen LogP contribution < -0.4 is 0 Å². The fraction of sp³-hybridized carbons (Fsp3) is 0. The molecular weight excluding hydrogens is 508 g/mol. The van der Waals surface area contributed by atoms with E-state index in [1.54, 1.807) is 0 Å². The van der Waals surface area contributed by atoms with E-state index in [1.807, 2.05) is 24.8 Å². The number of aromatic nitrogens is 2. The predicted molar refractivity (Wildman–Crippen MR) is 176 cm³/mol. The zero-order valence-corrected chi connectivity index (χ0v) is 22.9. The summed E-state index contributed by atoms with van der Waals surface area (Å²) in [6, 6.07) is 48.1. The quantitative estimate of drug-likeness (QED) is 0.210. The third-order valence-electron chi connectivity index (χ3n) is 8.27. The summed E-state index contributed by atoms with van der Waals surface area (Å²) in [6.45, 7) is 0. The van der Waals surface area contributed by atoms with Gasteiger partial charge < -0.3 is 0 Å². The van der Waals surface area contributed by atoms with Crippen molar-refractivity contribution in [2.75, 3.05) is 0 Å². The maximum absolute atomic E-state index is 4.48. The number of pyridine rings is 2. The normalized spacial score (nSPS) is 11.3. The van der Waals surface area contributed by atoms with E-state index in [2.05, 4.69) is 143 Å². The number of hydrogen-bond donors (Lipinski definition) is 0. The Hall–Kier alpha value is -5.60. The zero-order valence-electron chi connectivity index (χ0n) is 22.9. The lowest BCUT2D eigenvalue weighted by Crippen LogP contribution is -1.91. The highest BCUT2D eigenvalue weighted by molar-refractivity contribution is 6.21. The van der Waals surface area contributed by atoms with Crippen LogP contribution in [0, 0.1) is 0 Å². The highest BCUT2D eigenvalue weighted by Gasteiger charge is 2.17. The van der Waals surface area contributed by atoms with Gasteiger partial charge in [-0.2, -0.15) is 0 Å². The van der Waals surface area contributed by atoms with Gasteiger partial charge in [-0.3, -0.25) is 9.97 Å². The highest BCUT2D eigenvalue weighted by Crippen LogP contribution is 2.44. The molecule has 2 aromatic heterocycles. The van der Waals surface area contributed by atoms with Crippen LogP contribution in [0.5, 0.6) is 0 Å². The first kappa shape index (κ1) is 24.2. The van der Waals surface area contributed by atoms with Crippen LogP contribution in [0.1, 0.15) is 0 Å². The molecule has 196 valence electrons. The molecule has 2 nitrogen and oxygen atoms in total. The van der Waals surface area contributed by atoms with E-state index in [-0.39, 0.29) is 0 Å². The van der Waals surface area contributed by atoms with Gasteiger partial charge in [-0.15, -0.1) is 0 Å². The van der Waals surface area contributed by atoms with Gasteiger partial charge in [-0.05, 0) is 95.7 Å². The summed E-state index contributed by atoms with van der Waals surface area (Å²) in [5, 5.41) is 7.37. The lowest BCUT2D eigenvalue weighted by atomic mass is 9.85. The van der Waals surface area contributed by atoms with Crippen LogP contribution in [-0.2, 0) is 0 Å². The Bertz CT molecular complexity index is 2180. The third kappa shape index (κ3) is 3.96. The molecule has 2 heterocycles. The molecule has 0 spiro atoms. The average molecular weight is 535 g/mol. The molecule has 0 aliphatic heterocycles. The number of fused-ring (bicyclic) bond motifs is 3. The Kier molecular flexibility index (Phi) is 5.82. The molecule has 0 bridgehead atoms. The van der Waals surface area contributed by atoms with E-state index < -0.39 is 0 Å². The van der Waals surface area contributed by atoms with E-state index in [4.69, 9.17) is 0 Å². The molecule has 6 aromatic carbocycles. The van der Waals surface area contributed by atoms with Crippen LogP contribution in [-0.4, -0.2) is 9.97 Å². The first-order chi connectivity index (χ1) is 20.9. The topological polar surface area (TPSA) is 25.8 Å². The maximum atomic E-state index is 4.48. The third-order valence-corrected chi connectivity index (χ3v) is 8.27. The molecule has 0 amide bonds. The van der Waals surface area contributed by atoms with Crippen LogP contribution in [0.25, 0.3) is 76.8 Å². The van der Waals surface area contributed by atoms with E-state index in [1.165, 1.54) is 60.3 Å². The van der Waals surface area contributed by atoms with Crippen LogP contribution in [0.3, 0.4) is 0 Å². The zero-order chi connectivity index (χ0) is 27.9. The van der Waals surface area contributed by atoms with Gasteiger partial charge in [0.2, 0.25) is 0 Å². The molecule has 2 heteroatoms. The van der Waals surface area contributed by atoms with Crippen molar-refractivity contribution >= 4 is 32.3 Å². The molecule has 42 heavy (non-hydrogen) atoms. The van der Waals surface area contributed by atoms with Crippen molar-refractivity contribution in [3.05, 3.63) is 158 Å². The number of benzene rings is 6. The van der Waals surface area contributed by atoms with Gasteiger partial charge in [0, 0.05) is 30.2 Å². The molecule has 8 aromatic rings. The van der Waals surface area contributed by atoms with Crippen molar-refractivity contribution in [2.45, 2.75) is 0 Å². The second-order valence-corrected chi connectivity index (χ2v) is 10.6. The highest BCUT2D eigenvalue weighted by atomic mass is 14.6. The van der Waals surface area contributed by atoms with E-state index >= 15 is 0 Å². The fourth-order valence-electron chi connectivity index (χ4n) is 6.42. The summed E-state index contributed by atoms with van der Waals surface area (Å²) < 4.78 is 0. The molecule has 0 unspecified atom stereocenters. The first-order valence-corrected chi connectivity index (χ1v) is 14.2. The average Bonchev–Trinajstić information content (AvgIpc) is 3.07. The van der Waals surface area contributed by atoms with Gasteiger partial charge in [0.05, 0.1) is 0 Å². The monoisotopic (exact) mass is 534 g/mol. The molecule has 0 N–H and O–H groups in total. The molecule has 0 fully saturated rings. The molecule has 0 aliphatic carbocycles. The number of nitrogens with zero attached hydrogens (tertiary/aromatic N) is 2. The van der Waals surface area contributed by atoms with Crippen LogP contribution in [0.4, 0.5) is 0 Å². The Balaban J connectivity index is 1.37. The predicted octanol–water partition coefficient (Wildman–Crippen LogP) is 10.6. The van der Waals surface area contributed by atoms with Gasteiger partial charge in [0.25, 0.3) is 0 Å². The van der Waals surface area contributed by atoms with Crippen molar-refractivity contribution in [2.24, 2.45) is 0 Å². The summed E-state index contributed by atoms with van der Waals surface area (Å²) in [5.74, 6) is 0. The second kappa shape index (κ2) is 10.1. The van der Waals surface area contributed by atoms with Crippen LogP contribution >= 0.6 is 0 Å². The molecule has 0 atom stereocenters. The van der Waals surface area contributed by atoms with Crippen molar-refractivity contribution in [1.29, 1.82) is 0 Å². The van der Waals surface area contributed by atoms with Crippen molar-refractivity contribution in [1.82, 2.24) is 9.97 Å². The lowest BCUT2D eigenvalue weighted by Gasteiger charge is -2.18. The second-order valence-electron chi connectivity index (χ2n) is 10.6. The Morgan fingerprint density at radius 3 is 1.50 bits per heavy atom. The number of hydrogen-bond acceptors (Lipinski definition) is 2. The lowest BCUT2D eigenvalue weighted by molar-refractivity contribution is 1.33. The molecule has 0 saturated heterocycles. The summed E-state index contributed by atoms with van der Waals surface area (Å²) in [5.41, 5.74) is 9.67. The van der Waals surface area contributed by atoms with Gasteiger partial charge in [0.15, 0.2) is 0 Å². The molecule has 0 radical (unpaired) electrons. The van der Waals surface area contributed by atoms with E-state index in [0.29, 0.717) is 0 Å². The van der Waals surface area contributed by atoms with Gasteiger partial charge in [0.1, 0.15) is 0 Å². The smallest absolute Gasteiger partial charge is 0.0352 e. The number of rotatable bonds is 4. The summed E-state index contributed by atoms with van der Waals surface area (Å²) in [4.78, 5) is 8.69. The molecular formula is C40H26N2. The standard InChI is InChI=1S/C40H26N2/c1-2-9-28(10-3-1)39-34-13-4-6-15-36(34)40(37-16-7-5-14-35(37)39)30-12-8-11-29(25-30)32-18-17-31(27-19-22-41-23-20-27)38-26-42-24-21-33(32)38/h1-26H. The molecule has 0 saturated carbocycles. The largest absolute Gasteiger partial charge is 0.265 e.